The van der Waals surface area contributed by atoms with Crippen LogP contribution < -0.4 is 15.4 Å². The Kier molecular flexibility index (Phi) is 6.57. The van der Waals surface area contributed by atoms with Gasteiger partial charge >= 0.3 is 0 Å². The van der Waals surface area contributed by atoms with Crippen molar-refractivity contribution in [2.45, 2.75) is 38.0 Å². The van der Waals surface area contributed by atoms with E-state index in [-0.39, 0.29) is 4.75 Å². The van der Waals surface area contributed by atoms with Crippen LogP contribution in [0.2, 0.25) is 0 Å². The van der Waals surface area contributed by atoms with Gasteiger partial charge in [0.1, 0.15) is 0 Å². The van der Waals surface area contributed by atoms with Crippen LogP contribution in [0.15, 0.2) is 23.3 Å². The maximum Gasteiger partial charge on any atom is 0.213 e. The predicted octanol–water partition coefficient (Wildman–Crippen LogP) is 2.68. The molecule has 1 saturated carbocycles. The van der Waals surface area contributed by atoms with Gasteiger partial charge in [-0.15, -0.1) is 0 Å². The Labute approximate surface area is 143 Å². The topological polar surface area (TPSA) is 58.5 Å². The summed E-state index contributed by atoms with van der Waals surface area (Å²) in [5, 5.41) is 6.70. The first-order valence-electron chi connectivity index (χ1n) is 8.10. The van der Waals surface area contributed by atoms with E-state index in [0.29, 0.717) is 12.4 Å². The summed E-state index contributed by atoms with van der Waals surface area (Å²) in [5.41, 5.74) is 1.14. The number of guanidine groups is 1. The summed E-state index contributed by atoms with van der Waals surface area (Å²) in [6.07, 6.45) is 6.50. The lowest BCUT2D eigenvalue weighted by molar-refractivity contribution is 0.288. The highest BCUT2D eigenvalue weighted by atomic mass is 32.2. The molecule has 0 radical (unpaired) electrons. The Hall–Kier alpha value is -1.43. The SMILES string of the molecule is CN=C(NCc1ccnc(OCC2CC2)c1)NCC(C)(C)SC. The minimum atomic E-state index is 0.179. The molecule has 0 amide bonds. The van der Waals surface area contributed by atoms with Crippen molar-refractivity contribution in [3.8, 4) is 5.88 Å². The fraction of sp³-hybridized carbons (Fsp3) is 0.647. The van der Waals surface area contributed by atoms with Gasteiger partial charge in [0.2, 0.25) is 5.88 Å². The monoisotopic (exact) mass is 336 g/mol. The third-order valence-electron chi connectivity index (χ3n) is 3.88. The Morgan fingerprint density at radius 1 is 1.43 bits per heavy atom. The molecule has 0 aromatic carbocycles. The number of ether oxygens (including phenoxy) is 1. The molecule has 1 aliphatic rings. The fourth-order valence-corrected chi connectivity index (χ4v) is 2.12. The molecule has 2 N–H and O–H groups in total. The van der Waals surface area contributed by atoms with Crippen molar-refractivity contribution in [2.24, 2.45) is 10.9 Å². The Morgan fingerprint density at radius 3 is 2.87 bits per heavy atom. The van der Waals surface area contributed by atoms with E-state index in [2.05, 4.69) is 40.7 Å². The van der Waals surface area contributed by atoms with E-state index in [1.54, 1.807) is 13.2 Å². The third-order valence-corrected chi connectivity index (χ3v) is 5.13. The van der Waals surface area contributed by atoms with Crippen LogP contribution in [0.5, 0.6) is 5.88 Å². The molecule has 128 valence electrons. The number of hydrogen-bond acceptors (Lipinski definition) is 4. The lowest BCUT2D eigenvalue weighted by atomic mass is 10.2. The number of thioether (sulfide) groups is 1. The summed E-state index contributed by atoms with van der Waals surface area (Å²) >= 11 is 1.84. The Balaban J connectivity index is 1.79. The van der Waals surface area contributed by atoms with Gasteiger partial charge in [0, 0.05) is 37.1 Å². The fourth-order valence-electron chi connectivity index (χ4n) is 1.90. The molecule has 6 heteroatoms. The maximum absolute atomic E-state index is 5.72. The summed E-state index contributed by atoms with van der Waals surface area (Å²) < 4.78 is 5.90. The first-order chi connectivity index (χ1) is 11.0. The molecule has 0 unspecified atom stereocenters. The van der Waals surface area contributed by atoms with E-state index < -0.39 is 0 Å². The molecule has 23 heavy (non-hydrogen) atoms. The first kappa shape index (κ1) is 17.9. The van der Waals surface area contributed by atoms with Crippen LogP contribution in [-0.2, 0) is 6.54 Å². The second kappa shape index (κ2) is 8.43. The second-order valence-electron chi connectivity index (χ2n) is 6.50. The maximum atomic E-state index is 5.72. The van der Waals surface area contributed by atoms with Crippen LogP contribution in [-0.4, -0.2) is 42.1 Å². The van der Waals surface area contributed by atoms with Gasteiger partial charge in [-0.25, -0.2) is 4.98 Å². The van der Waals surface area contributed by atoms with Gasteiger partial charge in [0.15, 0.2) is 5.96 Å². The lowest BCUT2D eigenvalue weighted by Crippen LogP contribution is -2.42. The molecule has 5 nitrogen and oxygen atoms in total. The number of aliphatic imine (C=N–C) groups is 1. The number of aromatic nitrogens is 1. The van der Waals surface area contributed by atoms with E-state index >= 15 is 0 Å². The van der Waals surface area contributed by atoms with Crippen LogP contribution in [0.1, 0.15) is 32.3 Å². The number of nitrogens with zero attached hydrogens (tertiary/aromatic N) is 2. The first-order valence-corrected chi connectivity index (χ1v) is 9.32. The lowest BCUT2D eigenvalue weighted by Gasteiger charge is -2.23. The molecule has 1 heterocycles. The third kappa shape index (κ3) is 6.69. The van der Waals surface area contributed by atoms with E-state index in [9.17, 15) is 0 Å². The minimum Gasteiger partial charge on any atom is -0.477 e. The second-order valence-corrected chi connectivity index (χ2v) is 8.01. The molecule has 0 spiro atoms. The van der Waals surface area contributed by atoms with E-state index in [4.69, 9.17) is 4.74 Å². The standard InChI is InChI=1S/C17H28N4OS/c1-17(2,23-4)12-21-16(18-3)20-10-14-7-8-19-15(9-14)22-11-13-5-6-13/h7-9,13H,5-6,10-12H2,1-4H3,(H2,18,20,21). The van der Waals surface area contributed by atoms with Gasteiger partial charge in [-0.1, -0.05) is 0 Å². The summed E-state index contributed by atoms with van der Waals surface area (Å²) in [6.45, 7) is 6.77. The van der Waals surface area contributed by atoms with Gasteiger partial charge in [-0.2, -0.15) is 11.8 Å². The number of nitrogens with one attached hydrogen (secondary N) is 2. The number of hydrogen-bond donors (Lipinski definition) is 2. The quantitative estimate of drug-likeness (QED) is 0.565. The van der Waals surface area contributed by atoms with Crippen LogP contribution in [0.4, 0.5) is 0 Å². The van der Waals surface area contributed by atoms with E-state index in [1.165, 1.54) is 12.8 Å². The van der Waals surface area contributed by atoms with Crippen LogP contribution in [0.3, 0.4) is 0 Å². The van der Waals surface area contributed by atoms with Crippen molar-refractivity contribution < 1.29 is 4.74 Å². The van der Waals surface area contributed by atoms with Gasteiger partial charge in [0.25, 0.3) is 0 Å². The smallest absolute Gasteiger partial charge is 0.213 e. The average molecular weight is 337 g/mol. The molecule has 1 aliphatic carbocycles. The molecule has 1 aromatic rings. The van der Waals surface area contributed by atoms with Crippen molar-refractivity contribution in [1.29, 1.82) is 0 Å². The van der Waals surface area contributed by atoms with Gasteiger partial charge in [0.05, 0.1) is 6.61 Å². The molecule has 0 aliphatic heterocycles. The zero-order chi connectivity index (χ0) is 16.7. The number of pyridine rings is 1. The molecular weight excluding hydrogens is 308 g/mol. The van der Waals surface area contributed by atoms with Gasteiger partial charge in [-0.3, -0.25) is 4.99 Å². The average Bonchev–Trinajstić information content (AvgIpc) is 3.38. The highest BCUT2D eigenvalue weighted by Crippen LogP contribution is 2.29. The zero-order valence-corrected chi connectivity index (χ0v) is 15.4. The molecule has 1 aromatic heterocycles. The van der Waals surface area contributed by atoms with Crippen molar-refractivity contribution in [1.82, 2.24) is 15.6 Å². The minimum absolute atomic E-state index is 0.179. The zero-order valence-electron chi connectivity index (χ0n) is 14.6. The van der Waals surface area contributed by atoms with Crippen molar-refractivity contribution in [3.63, 3.8) is 0 Å². The predicted molar refractivity (Wildman–Crippen MR) is 98.3 cm³/mol. The van der Waals surface area contributed by atoms with Crippen molar-refractivity contribution in [2.75, 3.05) is 26.5 Å². The van der Waals surface area contributed by atoms with Gasteiger partial charge in [-0.05, 0) is 50.5 Å². The summed E-state index contributed by atoms with van der Waals surface area (Å²) in [7, 11) is 1.79. The highest BCUT2D eigenvalue weighted by molar-refractivity contribution is 7.99. The van der Waals surface area contributed by atoms with Gasteiger partial charge < -0.3 is 15.4 Å². The molecule has 0 atom stereocenters. The summed E-state index contributed by atoms with van der Waals surface area (Å²) in [4.78, 5) is 8.54. The summed E-state index contributed by atoms with van der Waals surface area (Å²) in [6, 6.07) is 3.99. The Bertz CT molecular complexity index is 529. The largest absolute Gasteiger partial charge is 0.477 e. The van der Waals surface area contributed by atoms with Crippen molar-refractivity contribution in [3.05, 3.63) is 23.9 Å². The molecular formula is C17H28N4OS. The normalized spacial score (nSPS) is 15.4. The molecule has 0 bridgehead atoms. The Morgan fingerprint density at radius 2 is 2.22 bits per heavy atom. The molecule has 0 saturated heterocycles. The molecule has 2 rings (SSSR count). The van der Waals surface area contributed by atoms with E-state index in [0.717, 1.165) is 30.6 Å². The van der Waals surface area contributed by atoms with Crippen LogP contribution >= 0.6 is 11.8 Å². The summed E-state index contributed by atoms with van der Waals surface area (Å²) in [5.74, 6) is 2.26. The highest BCUT2D eigenvalue weighted by Gasteiger charge is 2.22. The van der Waals surface area contributed by atoms with Crippen molar-refractivity contribution >= 4 is 17.7 Å². The molecule has 1 fully saturated rings. The van der Waals surface area contributed by atoms with Crippen LogP contribution in [0.25, 0.3) is 0 Å². The number of rotatable bonds is 8. The van der Waals surface area contributed by atoms with Crippen LogP contribution in [0, 0.1) is 5.92 Å². The van der Waals surface area contributed by atoms with E-state index in [1.807, 2.05) is 23.9 Å².